The summed E-state index contributed by atoms with van der Waals surface area (Å²) in [5.41, 5.74) is 2.39. The van der Waals surface area contributed by atoms with Crippen molar-refractivity contribution < 1.29 is 0 Å². The van der Waals surface area contributed by atoms with E-state index in [4.69, 9.17) is 0 Å². The third-order valence-electron chi connectivity index (χ3n) is 2.86. The van der Waals surface area contributed by atoms with E-state index in [1.54, 1.807) is 17.7 Å². The van der Waals surface area contributed by atoms with Crippen molar-refractivity contribution in [3.05, 3.63) is 47.6 Å². The summed E-state index contributed by atoms with van der Waals surface area (Å²) >= 11 is 1.63. The van der Waals surface area contributed by atoms with E-state index < -0.39 is 0 Å². The molecule has 2 aromatic heterocycles. The minimum atomic E-state index is 0.870. The average Bonchev–Trinajstić information content (AvgIpc) is 2.88. The highest BCUT2D eigenvalue weighted by Gasteiger charge is 2.04. The first-order valence-corrected chi connectivity index (χ1v) is 6.79. The van der Waals surface area contributed by atoms with Crippen LogP contribution in [0.15, 0.2) is 42.0 Å². The number of aryl methyl sites for hydroxylation is 1. The standard InChI is InChI=1S/C14H13N3S/c1-2-10-4-3-5-11(8-10)17-13-12-6-7-18-14(12)16-9-15-13/h3-9H,2H2,1H3,(H,15,16,17). The van der Waals surface area contributed by atoms with Crippen LogP contribution in [0.25, 0.3) is 10.2 Å². The SMILES string of the molecule is CCc1cccc(Nc2ncnc3sccc23)c1. The summed E-state index contributed by atoms with van der Waals surface area (Å²) in [5.74, 6) is 0.870. The van der Waals surface area contributed by atoms with Gasteiger partial charge in [-0.15, -0.1) is 11.3 Å². The summed E-state index contributed by atoms with van der Waals surface area (Å²) < 4.78 is 0. The second-order valence-electron chi connectivity index (χ2n) is 4.04. The monoisotopic (exact) mass is 255 g/mol. The topological polar surface area (TPSA) is 37.8 Å². The summed E-state index contributed by atoms with van der Waals surface area (Å²) in [4.78, 5) is 9.57. The number of hydrogen-bond donors (Lipinski definition) is 1. The Hall–Kier alpha value is -1.94. The number of rotatable bonds is 3. The number of benzene rings is 1. The highest BCUT2D eigenvalue weighted by Crippen LogP contribution is 2.26. The summed E-state index contributed by atoms with van der Waals surface area (Å²) in [5, 5.41) is 6.47. The lowest BCUT2D eigenvalue weighted by Crippen LogP contribution is -1.95. The molecule has 0 radical (unpaired) electrons. The number of anilines is 2. The van der Waals surface area contributed by atoms with Crippen molar-refractivity contribution in [2.75, 3.05) is 5.32 Å². The fourth-order valence-corrected chi connectivity index (χ4v) is 2.63. The molecule has 0 unspecified atom stereocenters. The van der Waals surface area contributed by atoms with Crippen LogP contribution in [-0.4, -0.2) is 9.97 Å². The summed E-state index contributed by atoms with van der Waals surface area (Å²) in [6.07, 6.45) is 2.64. The average molecular weight is 255 g/mol. The minimum Gasteiger partial charge on any atom is -0.340 e. The maximum atomic E-state index is 4.31. The first-order valence-electron chi connectivity index (χ1n) is 5.91. The number of nitrogens with zero attached hydrogens (tertiary/aromatic N) is 2. The predicted octanol–water partition coefficient (Wildman–Crippen LogP) is 4.00. The second-order valence-corrected chi connectivity index (χ2v) is 4.94. The molecule has 0 saturated heterocycles. The van der Waals surface area contributed by atoms with Crippen molar-refractivity contribution in [1.29, 1.82) is 0 Å². The van der Waals surface area contributed by atoms with Gasteiger partial charge in [0.05, 0.1) is 5.39 Å². The molecule has 0 atom stereocenters. The van der Waals surface area contributed by atoms with Gasteiger partial charge in [0.2, 0.25) is 0 Å². The fraction of sp³-hybridized carbons (Fsp3) is 0.143. The van der Waals surface area contributed by atoms with Gasteiger partial charge in [-0.05, 0) is 35.6 Å². The lowest BCUT2D eigenvalue weighted by molar-refractivity contribution is 1.14. The van der Waals surface area contributed by atoms with E-state index in [0.29, 0.717) is 0 Å². The molecule has 0 fully saturated rings. The van der Waals surface area contributed by atoms with E-state index in [2.05, 4.69) is 46.5 Å². The molecule has 18 heavy (non-hydrogen) atoms. The zero-order valence-corrected chi connectivity index (χ0v) is 10.9. The number of hydrogen-bond acceptors (Lipinski definition) is 4. The molecule has 3 rings (SSSR count). The molecular weight excluding hydrogens is 242 g/mol. The Morgan fingerprint density at radius 2 is 2.17 bits per heavy atom. The number of fused-ring (bicyclic) bond motifs is 1. The van der Waals surface area contributed by atoms with E-state index in [-0.39, 0.29) is 0 Å². The molecule has 3 aromatic rings. The van der Waals surface area contributed by atoms with Crippen molar-refractivity contribution in [2.45, 2.75) is 13.3 Å². The highest BCUT2D eigenvalue weighted by molar-refractivity contribution is 7.16. The van der Waals surface area contributed by atoms with Crippen LogP contribution < -0.4 is 5.32 Å². The molecule has 4 heteroatoms. The molecular formula is C14H13N3S. The maximum absolute atomic E-state index is 4.31. The molecule has 2 heterocycles. The number of thiophene rings is 1. The van der Waals surface area contributed by atoms with Gasteiger partial charge >= 0.3 is 0 Å². The molecule has 0 saturated carbocycles. The van der Waals surface area contributed by atoms with Gasteiger partial charge in [-0.2, -0.15) is 0 Å². The molecule has 0 aliphatic carbocycles. The van der Waals surface area contributed by atoms with Gasteiger partial charge in [-0.25, -0.2) is 9.97 Å². The molecule has 1 aromatic carbocycles. The molecule has 0 amide bonds. The normalized spacial score (nSPS) is 10.7. The van der Waals surface area contributed by atoms with Crippen molar-refractivity contribution in [1.82, 2.24) is 9.97 Å². The van der Waals surface area contributed by atoms with Crippen LogP contribution >= 0.6 is 11.3 Å². The van der Waals surface area contributed by atoms with Crippen LogP contribution in [0.5, 0.6) is 0 Å². The van der Waals surface area contributed by atoms with E-state index in [1.807, 2.05) is 11.4 Å². The van der Waals surface area contributed by atoms with Gasteiger partial charge in [0.25, 0.3) is 0 Å². The van der Waals surface area contributed by atoms with Crippen molar-refractivity contribution in [3.8, 4) is 0 Å². The molecule has 0 aliphatic rings. The van der Waals surface area contributed by atoms with E-state index in [1.165, 1.54) is 5.56 Å². The van der Waals surface area contributed by atoms with E-state index in [0.717, 1.165) is 28.1 Å². The van der Waals surface area contributed by atoms with Crippen LogP contribution in [-0.2, 0) is 6.42 Å². The quantitative estimate of drug-likeness (QED) is 0.768. The van der Waals surface area contributed by atoms with E-state index in [9.17, 15) is 0 Å². The Morgan fingerprint density at radius 3 is 3.06 bits per heavy atom. The summed E-state index contributed by atoms with van der Waals surface area (Å²) in [6.45, 7) is 2.15. The third-order valence-corrected chi connectivity index (χ3v) is 3.68. The Kier molecular flexibility index (Phi) is 2.94. The number of nitrogens with one attached hydrogen (secondary N) is 1. The molecule has 0 bridgehead atoms. The van der Waals surface area contributed by atoms with Crippen molar-refractivity contribution in [3.63, 3.8) is 0 Å². The first kappa shape index (κ1) is 11.2. The molecule has 3 nitrogen and oxygen atoms in total. The van der Waals surface area contributed by atoms with Gasteiger partial charge < -0.3 is 5.32 Å². The third kappa shape index (κ3) is 2.07. The van der Waals surface area contributed by atoms with Gasteiger partial charge in [-0.3, -0.25) is 0 Å². The van der Waals surface area contributed by atoms with Crippen LogP contribution in [0.2, 0.25) is 0 Å². The largest absolute Gasteiger partial charge is 0.340 e. The molecule has 1 N–H and O–H groups in total. The van der Waals surface area contributed by atoms with Crippen LogP contribution in [0.4, 0.5) is 11.5 Å². The second kappa shape index (κ2) is 4.74. The Bertz CT molecular complexity index is 675. The first-order chi connectivity index (χ1) is 8.86. The summed E-state index contributed by atoms with van der Waals surface area (Å²) in [7, 11) is 0. The lowest BCUT2D eigenvalue weighted by atomic mass is 10.1. The number of aromatic nitrogens is 2. The van der Waals surface area contributed by atoms with Gasteiger partial charge in [0.1, 0.15) is 17.0 Å². The van der Waals surface area contributed by atoms with Crippen LogP contribution in [0, 0.1) is 0 Å². The van der Waals surface area contributed by atoms with Crippen LogP contribution in [0.1, 0.15) is 12.5 Å². The Balaban J connectivity index is 1.98. The molecule has 0 spiro atoms. The van der Waals surface area contributed by atoms with E-state index >= 15 is 0 Å². The van der Waals surface area contributed by atoms with Gasteiger partial charge in [-0.1, -0.05) is 19.1 Å². The van der Waals surface area contributed by atoms with Crippen LogP contribution in [0.3, 0.4) is 0 Å². The predicted molar refractivity (Wildman–Crippen MR) is 76.5 cm³/mol. The Morgan fingerprint density at radius 1 is 1.22 bits per heavy atom. The maximum Gasteiger partial charge on any atom is 0.142 e. The fourth-order valence-electron chi connectivity index (χ4n) is 1.90. The summed E-state index contributed by atoms with van der Waals surface area (Å²) in [6, 6.07) is 10.4. The lowest BCUT2D eigenvalue weighted by Gasteiger charge is -2.07. The zero-order valence-electron chi connectivity index (χ0n) is 10.1. The van der Waals surface area contributed by atoms with Gasteiger partial charge in [0.15, 0.2) is 0 Å². The van der Waals surface area contributed by atoms with Crippen molar-refractivity contribution in [2.24, 2.45) is 0 Å². The zero-order chi connectivity index (χ0) is 12.4. The smallest absolute Gasteiger partial charge is 0.142 e. The minimum absolute atomic E-state index is 0.870. The van der Waals surface area contributed by atoms with Gasteiger partial charge in [0, 0.05) is 5.69 Å². The molecule has 90 valence electrons. The highest BCUT2D eigenvalue weighted by atomic mass is 32.1. The Labute approximate surface area is 110 Å². The molecule has 0 aliphatic heterocycles. The van der Waals surface area contributed by atoms with Crippen molar-refractivity contribution >= 4 is 33.1 Å².